The van der Waals surface area contributed by atoms with Crippen LogP contribution in [0.2, 0.25) is 15.1 Å². The summed E-state index contributed by atoms with van der Waals surface area (Å²) in [4.78, 5) is 25.9. The predicted octanol–water partition coefficient (Wildman–Crippen LogP) is 9.77. The van der Waals surface area contributed by atoms with Crippen molar-refractivity contribution < 1.29 is 19.1 Å². The van der Waals surface area contributed by atoms with Crippen LogP contribution in [0.3, 0.4) is 0 Å². The molecule has 0 aromatic heterocycles. The molecule has 35 heavy (non-hydrogen) atoms. The number of rotatable bonds is 3. The van der Waals surface area contributed by atoms with Gasteiger partial charge in [0, 0.05) is 22.1 Å². The standard InChI is InChI=1S/C23H11Br4Cl3O5/c1-3-34-23(33)13-11(6(2)16(28)18(30)17(13)29)12-7-4-9(24)19(31)14(26)21(7)35-22-8(12)5-10(25)20(32)15(22)27/h4-5,31H,3H2,1-2H3. The molecular weight excluding hydrogens is 782 g/mol. The van der Waals surface area contributed by atoms with Crippen LogP contribution in [0.5, 0.6) is 5.75 Å². The fraction of sp³-hybridized carbons (Fsp3) is 0.130. The molecule has 2 aliphatic rings. The highest BCUT2D eigenvalue weighted by Gasteiger charge is 2.32. The van der Waals surface area contributed by atoms with Crippen LogP contribution in [0.1, 0.15) is 22.8 Å². The van der Waals surface area contributed by atoms with Gasteiger partial charge in [-0.05, 0) is 95.3 Å². The summed E-state index contributed by atoms with van der Waals surface area (Å²) in [6.07, 6.45) is 0. The predicted molar refractivity (Wildman–Crippen MR) is 153 cm³/mol. The Labute approximate surface area is 247 Å². The quantitative estimate of drug-likeness (QED) is 0.127. The van der Waals surface area contributed by atoms with E-state index in [9.17, 15) is 14.7 Å². The first-order chi connectivity index (χ1) is 16.4. The van der Waals surface area contributed by atoms with Crippen molar-refractivity contribution in [1.82, 2.24) is 0 Å². The van der Waals surface area contributed by atoms with E-state index >= 15 is 0 Å². The van der Waals surface area contributed by atoms with E-state index in [4.69, 9.17) is 44.0 Å². The number of carbonyl (C=O) groups is 1. The Bertz CT molecular complexity index is 1600. The van der Waals surface area contributed by atoms with E-state index in [-0.39, 0.29) is 63.2 Å². The van der Waals surface area contributed by atoms with Gasteiger partial charge in [-0.1, -0.05) is 34.8 Å². The van der Waals surface area contributed by atoms with Gasteiger partial charge in [0.2, 0.25) is 5.43 Å². The second-order valence-electron chi connectivity index (χ2n) is 7.29. The topological polar surface area (TPSA) is 76.7 Å². The molecule has 1 N–H and O–H groups in total. The monoisotopic (exact) mass is 788 g/mol. The molecule has 5 nitrogen and oxygen atoms in total. The fourth-order valence-electron chi connectivity index (χ4n) is 3.75. The third-order valence-electron chi connectivity index (χ3n) is 5.31. The van der Waals surface area contributed by atoms with Crippen LogP contribution in [0, 0.1) is 6.92 Å². The molecule has 182 valence electrons. The van der Waals surface area contributed by atoms with Crippen molar-refractivity contribution in [3.63, 3.8) is 0 Å². The van der Waals surface area contributed by atoms with E-state index in [1.807, 2.05) is 0 Å². The first kappa shape index (κ1) is 27.2. The van der Waals surface area contributed by atoms with Crippen LogP contribution in [-0.4, -0.2) is 17.7 Å². The molecule has 0 saturated carbocycles. The van der Waals surface area contributed by atoms with Crippen LogP contribution in [-0.2, 0) is 4.74 Å². The minimum atomic E-state index is -0.702. The number of aromatic hydroxyl groups is 1. The van der Waals surface area contributed by atoms with Crippen LogP contribution in [0.25, 0.3) is 33.4 Å². The number of phenolic OH excluding ortho intramolecular Hbond substituents is 1. The number of hydrogen-bond acceptors (Lipinski definition) is 5. The second-order valence-corrected chi connectivity index (χ2v) is 11.7. The average Bonchev–Trinajstić information content (AvgIpc) is 2.82. The molecule has 0 spiro atoms. The highest BCUT2D eigenvalue weighted by molar-refractivity contribution is 9.11. The van der Waals surface area contributed by atoms with Crippen LogP contribution < -0.4 is 5.43 Å². The molecule has 12 heteroatoms. The molecule has 0 unspecified atom stereocenters. The molecule has 1 aliphatic carbocycles. The van der Waals surface area contributed by atoms with E-state index in [0.717, 1.165) is 0 Å². The van der Waals surface area contributed by atoms with Gasteiger partial charge in [-0.2, -0.15) is 0 Å². The van der Waals surface area contributed by atoms with E-state index in [1.165, 1.54) is 0 Å². The van der Waals surface area contributed by atoms with Gasteiger partial charge in [0.1, 0.15) is 14.7 Å². The Morgan fingerprint density at radius 2 is 1.66 bits per heavy atom. The number of carbonyl (C=O) groups excluding carboxylic acids is 1. The molecule has 0 fully saturated rings. The molecule has 0 amide bonds. The van der Waals surface area contributed by atoms with Gasteiger partial charge in [-0.3, -0.25) is 4.79 Å². The first-order valence-electron chi connectivity index (χ1n) is 9.72. The van der Waals surface area contributed by atoms with Crippen molar-refractivity contribution in [3.8, 4) is 28.2 Å². The van der Waals surface area contributed by atoms with E-state index in [2.05, 4.69) is 63.7 Å². The van der Waals surface area contributed by atoms with Gasteiger partial charge < -0.3 is 14.3 Å². The summed E-state index contributed by atoms with van der Waals surface area (Å²) in [5, 5.41) is 11.1. The zero-order chi connectivity index (χ0) is 25.9. The van der Waals surface area contributed by atoms with E-state index in [0.29, 0.717) is 32.1 Å². The molecule has 0 radical (unpaired) electrons. The van der Waals surface area contributed by atoms with Gasteiger partial charge in [-0.15, -0.1) is 0 Å². The number of fused-ring (bicyclic) bond motifs is 2. The lowest BCUT2D eigenvalue weighted by molar-refractivity contribution is 0.0527. The van der Waals surface area contributed by atoms with Gasteiger partial charge in [0.05, 0.1) is 36.2 Å². The van der Waals surface area contributed by atoms with Crippen molar-refractivity contribution in [2.24, 2.45) is 0 Å². The summed E-state index contributed by atoms with van der Waals surface area (Å²) in [6.45, 7) is 3.46. The van der Waals surface area contributed by atoms with E-state index in [1.54, 1.807) is 26.0 Å². The molecule has 2 aromatic rings. The number of phenols is 1. The maximum absolute atomic E-state index is 13.2. The third-order valence-corrected chi connectivity index (χ3v) is 9.38. The summed E-state index contributed by atoms with van der Waals surface area (Å²) < 4.78 is 12.4. The number of hydrogen-bond donors (Lipinski definition) is 1. The number of ether oxygens (including phenoxy) is 1. The van der Waals surface area contributed by atoms with Gasteiger partial charge >= 0.3 is 5.97 Å². The lowest BCUT2D eigenvalue weighted by Gasteiger charge is -2.23. The lowest BCUT2D eigenvalue weighted by Crippen LogP contribution is -2.11. The summed E-state index contributed by atoms with van der Waals surface area (Å²) in [5.74, 6) is -0.636. The number of halogens is 7. The molecule has 4 rings (SSSR count). The fourth-order valence-corrected chi connectivity index (χ4v) is 6.89. The van der Waals surface area contributed by atoms with Crippen molar-refractivity contribution in [2.45, 2.75) is 13.8 Å². The summed E-state index contributed by atoms with van der Waals surface area (Å²) in [6, 6.07) is 3.21. The first-order valence-corrected chi connectivity index (χ1v) is 14.0. The molecular formula is C23H11Br4Cl3O5. The highest BCUT2D eigenvalue weighted by atomic mass is 79.9. The van der Waals surface area contributed by atoms with Crippen molar-refractivity contribution in [1.29, 1.82) is 0 Å². The largest absolute Gasteiger partial charge is 0.505 e. The maximum atomic E-state index is 13.2. The van der Waals surface area contributed by atoms with Gasteiger partial charge in [0.25, 0.3) is 0 Å². The van der Waals surface area contributed by atoms with Crippen LogP contribution in [0.4, 0.5) is 0 Å². The normalized spacial score (nSPS) is 11.5. The second kappa shape index (κ2) is 10.2. The zero-order valence-electron chi connectivity index (χ0n) is 17.6. The Morgan fingerprint density at radius 1 is 1.00 bits per heavy atom. The summed E-state index contributed by atoms with van der Waals surface area (Å²) >= 11 is 32.8. The minimum Gasteiger partial charge on any atom is -0.505 e. The Morgan fingerprint density at radius 3 is 2.29 bits per heavy atom. The average molecular weight is 793 g/mol. The molecule has 0 bridgehead atoms. The Balaban J connectivity index is 2.39. The maximum Gasteiger partial charge on any atom is 0.340 e. The van der Waals surface area contributed by atoms with Crippen LogP contribution in [0.15, 0.2) is 39.2 Å². The number of esters is 1. The molecule has 1 heterocycles. The lowest BCUT2D eigenvalue weighted by atomic mass is 9.88. The van der Waals surface area contributed by atoms with Crippen molar-refractivity contribution in [2.75, 3.05) is 6.61 Å². The summed E-state index contributed by atoms with van der Waals surface area (Å²) in [7, 11) is 0. The van der Waals surface area contributed by atoms with Gasteiger partial charge in [0.15, 0.2) is 11.3 Å². The molecule has 2 aromatic carbocycles. The van der Waals surface area contributed by atoms with E-state index < -0.39 is 5.97 Å². The van der Waals surface area contributed by atoms with Crippen molar-refractivity contribution >= 4 is 115 Å². The van der Waals surface area contributed by atoms with Gasteiger partial charge in [-0.25, -0.2) is 4.79 Å². The molecule has 0 atom stereocenters. The minimum absolute atomic E-state index is 0.00739. The summed E-state index contributed by atoms with van der Waals surface area (Å²) in [5.41, 5.74) is 1.60. The molecule has 1 aliphatic heterocycles. The molecule has 0 saturated heterocycles. The van der Waals surface area contributed by atoms with Crippen molar-refractivity contribution in [3.05, 3.63) is 66.4 Å². The van der Waals surface area contributed by atoms with Crippen LogP contribution >= 0.6 is 98.5 Å². The zero-order valence-corrected chi connectivity index (χ0v) is 26.2. The number of benzene rings is 3. The smallest absolute Gasteiger partial charge is 0.340 e. The SMILES string of the molecule is CCOC(=O)c1c(Cl)c(Cl)c(Cl)c(C)c1-c1c2cc(Br)c(=O)c(Br)c-2oc2c(Br)c(O)c(Br)cc12. The highest BCUT2D eigenvalue weighted by Crippen LogP contribution is 2.52. The third kappa shape index (κ3) is 4.35. The Hall–Kier alpha value is -0.810. The Kier molecular flexibility index (Phi) is 7.90.